The summed E-state index contributed by atoms with van der Waals surface area (Å²) in [5.74, 6) is 0. The van der Waals surface area contributed by atoms with Crippen LogP contribution in [0.1, 0.15) is 31.7 Å². The fourth-order valence-electron chi connectivity index (χ4n) is 2.81. The Kier molecular flexibility index (Phi) is 3.25. The summed E-state index contributed by atoms with van der Waals surface area (Å²) in [6.45, 7) is 2.72. The molecule has 1 aliphatic heterocycles. The van der Waals surface area contributed by atoms with Crippen molar-refractivity contribution in [2.24, 2.45) is 0 Å². The predicted octanol–water partition coefficient (Wildman–Crippen LogP) is 3.01. The van der Waals surface area contributed by atoms with E-state index in [1.165, 1.54) is 0 Å². The fourth-order valence-corrected chi connectivity index (χ4v) is 2.81. The summed E-state index contributed by atoms with van der Waals surface area (Å²) in [6, 6.07) is 10.0. The van der Waals surface area contributed by atoms with Gasteiger partial charge in [-0.2, -0.15) is 0 Å². The lowest BCUT2D eigenvalue weighted by Gasteiger charge is -2.37. The van der Waals surface area contributed by atoms with Gasteiger partial charge in [0.2, 0.25) is 0 Å². The molecule has 100 valence electrons. The second-order valence-corrected chi connectivity index (χ2v) is 5.30. The molecule has 1 aliphatic rings. The minimum atomic E-state index is -0.773. The normalized spacial score (nSPS) is 27.6. The van der Waals surface area contributed by atoms with Crippen LogP contribution in [-0.2, 0) is 10.3 Å². The van der Waals surface area contributed by atoms with Gasteiger partial charge in [-0.05, 0) is 24.1 Å². The van der Waals surface area contributed by atoms with E-state index in [-0.39, 0.29) is 6.10 Å². The molecule has 1 saturated heterocycles. The summed E-state index contributed by atoms with van der Waals surface area (Å²) in [7, 11) is 0. The van der Waals surface area contributed by atoms with Crippen molar-refractivity contribution in [1.29, 1.82) is 0 Å². The van der Waals surface area contributed by atoms with Gasteiger partial charge in [0, 0.05) is 24.4 Å². The van der Waals surface area contributed by atoms with Gasteiger partial charge in [-0.15, -0.1) is 0 Å². The molecule has 0 amide bonds. The van der Waals surface area contributed by atoms with Crippen LogP contribution in [0.5, 0.6) is 0 Å². The molecule has 1 fully saturated rings. The Morgan fingerprint density at radius 2 is 2.32 bits per heavy atom. The highest BCUT2D eigenvalue weighted by atomic mass is 16.5. The molecule has 0 aliphatic carbocycles. The van der Waals surface area contributed by atoms with Gasteiger partial charge in [0.25, 0.3) is 0 Å². The summed E-state index contributed by atoms with van der Waals surface area (Å²) < 4.78 is 5.66. The fraction of sp³-hybridized carbons (Fsp3) is 0.438. The third-order valence-electron chi connectivity index (χ3n) is 4.03. The number of hydrogen-bond acceptors (Lipinski definition) is 3. The highest BCUT2D eigenvalue weighted by molar-refractivity contribution is 5.79. The van der Waals surface area contributed by atoms with E-state index in [4.69, 9.17) is 4.74 Å². The molecule has 0 radical (unpaired) electrons. The number of pyridine rings is 1. The number of ether oxygens (including phenoxy) is 1. The smallest absolute Gasteiger partial charge is 0.0943 e. The highest BCUT2D eigenvalue weighted by Crippen LogP contribution is 2.36. The Morgan fingerprint density at radius 3 is 3.16 bits per heavy atom. The SMILES string of the molecule is CCC1CC(O)(c2ccc3cccnc3c2)CCO1. The Bertz CT molecular complexity index is 584. The molecular weight excluding hydrogens is 238 g/mol. The van der Waals surface area contributed by atoms with Crippen molar-refractivity contribution < 1.29 is 9.84 Å². The maximum atomic E-state index is 10.9. The number of fused-ring (bicyclic) bond motifs is 1. The van der Waals surface area contributed by atoms with E-state index >= 15 is 0 Å². The monoisotopic (exact) mass is 257 g/mol. The first kappa shape index (κ1) is 12.6. The second kappa shape index (κ2) is 4.91. The zero-order chi connectivity index (χ0) is 13.3. The van der Waals surface area contributed by atoms with Crippen LogP contribution in [0.3, 0.4) is 0 Å². The maximum Gasteiger partial charge on any atom is 0.0943 e. The lowest BCUT2D eigenvalue weighted by molar-refractivity contribution is -0.108. The van der Waals surface area contributed by atoms with Crippen molar-refractivity contribution >= 4 is 10.9 Å². The lowest BCUT2D eigenvalue weighted by atomic mass is 9.83. The van der Waals surface area contributed by atoms with Crippen LogP contribution in [0.4, 0.5) is 0 Å². The molecule has 1 N–H and O–H groups in total. The van der Waals surface area contributed by atoms with Crippen molar-refractivity contribution in [1.82, 2.24) is 4.98 Å². The quantitative estimate of drug-likeness (QED) is 0.899. The Labute approximate surface area is 113 Å². The molecule has 2 heterocycles. The van der Waals surface area contributed by atoms with Crippen LogP contribution in [0.2, 0.25) is 0 Å². The van der Waals surface area contributed by atoms with Gasteiger partial charge < -0.3 is 9.84 Å². The number of nitrogens with zero attached hydrogens (tertiary/aromatic N) is 1. The third-order valence-corrected chi connectivity index (χ3v) is 4.03. The third kappa shape index (κ3) is 2.36. The van der Waals surface area contributed by atoms with E-state index in [1.54, 1.807) is 6.20 Å². The number of aliphatic hydroxyl groups is 1. The molecule has 2 unspecified atom stereocenters. The number of benzene rings is 1. The first-order valence-electron chi connectivity index (χ1n) is 6.90. The molecule has 3 rings (SSSR count). The minimum absolute atomic E-state index is 0.151. The molecule has 3 nitrogen and oxygen atoms in total. The molecule has 3 heteroatoms. The highest BCUT2D eigenvalue weighted by Gasteiger charge is 2.36. The number of hydrogen-bond donors (Lipinski definition) is 1. The Hall–Kier alpha value is -1.45. The Morgan fingerprint density at radius 1 is 1.42 bits per heavy atom. The molecule has 1 aromatic carbocycles. The predicted molar refractivity (Wildman–Crippen MR) is 74.9 cm³/mol. The average Bonchev–Trinajstić information content (AvgIpc) is 2.46. The summed E-state index contributed by atoms with van der Waals surface area (Å²) in [5.41, 5.74) is 1.12. The van der Waals surface area contributed by atoms with Crippen molar-refractivity contribution in [3.05, 3.63) is 42.1 Å². The first-order valence-corrected chi connectivity index (χ1v) is 6.90. The minimum Gasteiger partial charge on any atom is -0.385 e. The maximum absolute atomic E-state index is 10.9. The van der Waals surface area contributed by atoms with Crippen molar-refractivity contribution in [3.63, 3.8) is 0 Å². The molecule has 0 spiro atoms. The summed E-state index contributed by atoms with van der Waals surface area (Å²) in [6.07, 6.45) is 4.20. The molecule has 2 aromatic rings. The van der Waals surface area contributed by atoms with Gasteiger partial charge >= 0.3 is 0 Å². The van der Waals surface area contributed by atoms with Gasteiger partial charge in [0.1, 0.15) is 0 Å². The molecule has 2 atom stereocenters. The van der Waals surface area contributed by atoms with Crippen LogP contribution in [0.25, 0.3) is 10.9 Å². The standard InChI is InChI=1S/C16H19NO2/c1-2-14-11-16(18,7-9-19-14)13-6-5-12-4-3-8-17-15(12)10-13/h3-6,8,10,14,18H,2,7,9,11H2,1H3. The average molecular weight is 257 g/mol. The van der Waals surface area contributed by atoms with Gasteiger partial charge in [0.15, 0.2) is 0 Å². The van der Waals surface area contributed by atoms with Gasteiger partial charge in [-0.1, -0.05) is 25.1 Å². The van der Waals surface area contributed by atoms with Gasteiger partial charge in [0.05, 0.1) is 23.8 Å². The molecular formula is C16H19NO2. The van der Waals surface area contributed by atoms with Crippen LogP contribution < -0.4 is 0 Å². The topological polar surface area (TPSA) is 42.4 Å². The van der Waals surface area contributed by atoms with E-state index < -0.39 is 5.60 Å². The van der Waals surface area contributed by atoms with Crippen LogP contribution in [-0.4, -0.2) is 22.8 Å². The first-order chi connectivity index (χ1) is 9.21. The number of aromatic nitrogens is 1. The van der Waals surface area contributed by atoms with E-state index in [0.29, 0.717) is 19.4 Å². The van der Waals surface area contributed by atoms with Crippen molar-refractivity contribution in [3.8, 4) is 0 Å². The van der Waals surface area contributed by atoms with Crippen LogP contribution >= 0.6 is 0 Å². The summed E-state index contributed by atoms with van der Waals surface area (Å²) in [4.78, 5) is 4.36. The zero-order valence-corrected chi connectivity index (χ0v) is 11.2. The zero-order valence-electron chi connectivity index (χ0n) is 11.2. The van der Waals surface area contributed by atoms with Crippen LogP contribution in [0, 0.1) is 0 Å². The van der Waals surface area contributed by atoms with Gasteiger partial charge in [-0.25, -0.2) is 0 Å². The molecule has 0 saturated carbocycles. The van der Waals surface area contributed by atoms with E-state index in [1.807, 2.05) is 30.3 Å². The second-order valence-electron chi connectivity index (χ2n) is 5.30. The Balaban J connectivity index is 1.98. The largest absolute Gasteiger partial charge is 0.385 e. The van der Waals surface area contributed by atoms with E-state index in [9.17, 15) is 5.11 Å². The molecule has 0 bridgehead atoms. The van der Waals surface area contributed by atoms with Crippen molar-refractivity contribution in [2.75, 3.05) is 6.61 Å². The van der Waals surface area contributed by atoms with E-state index in [2.05, 4.69) is 11.9 Å². The summed E-state index contributed by atoms with van der Waals surface area (Å²) in [5, 5.41) is 12.0. The molecule has 1 aromatic heterocycles. The van der Waals surface area contributed by atoms with Gasteiger partial charge in [-0.3, -0.25) is 4.98 Å². The van der Waals surface area contributed by atoms with Crippen molar-refractivity contribution in [2.45, 2.75) is 37.9 Å². The lowest BCUT2D eigenvalue weighted by Crippen LogP contribution is -2.38. The number of rotatable bonds is 2. The molecule has 19 heavy (non-hydrogen) atoms. The summed E-state index contributed by atoms with van der Waals surface area (Å²) >= 11 is 0. The van der Waals surface area contributed by atoms with E-state index in [0.717, 1.165) is 22.9 Å². The van der Waals surface area contributed by atoms with Crippen LogP contribution in [0.15, 0.2) is 36.5 Å².